The fourth-order valence-electron chi connectivity index (χ4n) is 6.20. The summed E-state index contributed by atoms with van der Waals surface area (Å²) >= 11 is 0. The summed E-state index contributed by atoms with van der Waals surface area (Å²) in [6.07, 6.45) is 5.75. The van der Waals surface area contributed by atoms with Crippen LogP contribution in [0.25, 0.3) is 27.8 Å². The van der Waals surface area contributed by atoms with E-state index in [1.807, 2.05) is 18.2 Å². The van der Waals surface area contributed by atoms with Crippen molar-refractivity contribution >= 4 is 22.6 Å². The minimum Gasteiger partial charge on any atom is -0.310 e. The molecular formula is C40H35N. The van der Waals surface area contributed by atoms with Gasteiger partial charge in [0.25, 0.3) is 0 Å². The highest BCUT2D eigenvalue weighted by molar-refractivity contribution is 5.90. The molecule has 0 saturated heterocycles. The lowest BCUT2D eigenvalue weighted by Crippen LogP contribution is -2.17. The van der Waals surface area contributed by atoms with Crippen LogP contribution in [0.15, 0.2) is 147 Å². The average molecular weight is 530 g/mol. The molecule has 41 heavy (non-hydrogen) atoms. The first kappa shape index (κ1) is 26.3. The molecule has 5 aromatic carbocycles. The Morgan fingerprint density at radius 3 is 2.05 bits per heavy atom. The number of allylic oxidation sites excluding steroid dienone is 4. The summed E-state index contributed by atoms with van der Waals surface area (Å²) in [5.41, 5.74) is 14.4. The Morgan fingerprint density at radius 1 is 0.659 bits per heavy atom. The van der Waals surface area contributed by atoms with E-state index in [0.29, 0.717) is 0 Å². The third-order valence-electron chi connectivity index (χ3n) is 8.29. The third-order valence-corrected chi connectivity index (χ3v) is 8.29. The van der Waals surface area contributed by atoms with E-state index in [1.165, 1.54) is 39.1 Å². The third kappa shape index (κ3) is 4.64. The van der Waals surface area contributed by atoms with Crippen molar-refractivity contribution in [2.45, 2.75) is 26.2 Å². The Balaban J connectivity index is 1.62. The molecule has 1 heteroatoms. The normalized spacial score (nSPS) is 13.3. The summed E-state index contributed by atoms with van der Waals surface area (Å²) in [5, 5.41) is 0. The minimum absolute atomic E-state index is 0.0868. The number of hydrogen-bond acceptors (Lipinski definition) is 1. The van der Waals surface area contributed by atoms with Crippen molar-refractivity contribution < 1.29 is 0 Å². The molecule has 0 radical (unpaired) electrons. The predicted octanol–water partition coefficient (Wildman–Crippen LogP) is 11.2. The molecule has 5 aromatic rings. The maximum Gasteiger partial charge on any atom is 0.0494 e. The van der Waals surface area contributed by atoms with Gasteiger partial charge in [0.1, 0.15) is 0 Å². The molecule has 0 amide bonds. The number of benzene rings is 5. The fourth-order valence-corrected chi connectivity index (χ4v) is 6.20. The highest BCUT2D eigenvalue weighted by Gasteiger charge is 2.36. The molecule has 6 rings (SSSR count). The van der Waals surface area contributed by atoms with E-state index in [9.17, 15) is 0 Å². The van der Waals surface area contributed by atoms with Crippen LogP contribution in [0.4, 0.5) is 17.1 Å². The minimum atomic E-state index is -0.0868. The van der Waals surface area contributed by atoms with Crippen molar-refractivity contribution in [1.29, 1.82) is 0 Å². The monoisotopic (exact) mass is 529 g/mol. The maximum atomic E-state index is 4.11. The quantitative estimate of drug-likeness (QED) is 0.190. The number of anilines is 3. The van der Waals surface area contributed by atoms with Gasteiger partial charge >= 0.3 is 0 Å². The summed E-state index contributed by atoms with van der Waals surface area (Å²) in [4.78, 5) is 2.40. The Labute approximate surface area is 244 Å². The molecule has 0 aromatic heterocycles. The highest BCUT2D eigenvalue weighted by Crippen LogP contribution is 2.51. The summed E-state index contributed by atoms with van der Waals surface area (Å²) in [5.74, 6) is 0. The van der Waals surface area contributed by atoms with Crippen LogP contribution in [0.5, 0.6) is 0 Å². The SMILES string of the molecule is C=C/C=C(\C=C)c1cc(-c2ccccc2)cc(N(c2ccccc2)c2cc3c(cc2C)-c2ccccc2C3(C)C)c1. The van der Waals surface area contributed by atoms with Crippen molar-refractivity contribution in [3.05, 3.63) is 169 Å². The van der Waals surface area contributed by atoms with Crippen LogP contribution < -0.4 is 4.90 Å². The van der Waals surface area contributed by atoms with Gasteiger partial charge in [0.15, 0.2) is 0 Å². The van der Waals surface area contributed by atoms with E-state index < -0.39 is 0 Å². The zero-order valence-electron chi connectivity index (χ0n) is 24.1. The Hall–Kier alpha value is -4.88. The lowest BCUT2D eigenvalue weighted by Gasteiger charge is -2.30. The molecule has 0 N–H and O–H groups in total. The molecule has 0 spiro atoms. The number of nitrogens with zero attached hydrogens (tertiary/aromatic N) is 1. The number of para-hydroxylation sites is 1. The first-order valence-electron chi connectivity index (χ1n) is 14.2. The first-order valence-corrected chi connectivity index (χ1v) is 14.2. The van der Waals surface area contributed by atoms with Crippen molar-refractivity contribution in [1.82, 2.24) is 0 Å². The highest BCUT2D eigenvalue weighted by atomic mass is 15.1. The molecule has 0 saturated carbocycles. The topological polar surface area (TPSA) is 3.24 Å². The average Bonchev–Trinajstić information content (AvgIpc) is 3.22. The first-order chi connectivity index (χ1) is 19.9. The van der Waals surface area contributed by atoms with Crippen LogP contribution in [0.3, 0.4) is 0 Å². The molecule has 0 heterocycles. The Kier molecular flexibility index (Phi) is 6.81. The molecule has 1 aliphatic rings. The lowest BCUT2D eigenvalue weighted by atomic mass is 9.82. The lowest BCUT2D eigenvalue weighted by molar-refractivity contribution is 0.660. The molecule has 0 bridgehead atoms. The zero-order valence-corrected chi connectivity index (χ0v) is 24.1. The van der Waals surface area contributed by atoms with Crippen molar-refractivity contribution in [3.63, 3.8) is 0 Å². The van der Waals surface area contributed by atoms with Gasteiger partial charge in [-0.3, -0.25) is 0 Å². The number of fused-ring (bicyclic) bond motifs is 3. The van der Waals surface area contributed by atoms with E-state index in [0.717, 1.165) is 28.1 Å². The molecular weight excluding hydrogens is 494 g/mol. The zero-order chi connectivity index (χ0) is 28.6. The molecule has 0 atom stereocenters. The number of aryl methyl sites for hydroxylation is 1. The second kappa shape index (κ2) is 10.6. The Morgan fingerprint density at radius 2 is 1.34 bits per heavy atom. The van der Waals surface area contributed by atoms with Gasteiger partial charge in [0.05, 0.1) is 0 Å². The van der Waals surface area contributed by atoms with Crippen LogP contribution in [0.2, 0.25) is 0 Å². The van der Waals surface area contributed by atoms with Crippen molar-refractivity contribution in [3.8, 4) is 22.3 Å². The molecule has 200 valence electrons. The van der Waals surface area contributed by atoms with Crippen LogP contribution in [-0.2, 0) is 5.41 Å². The summed E-state index contributed by atoms with van der Waals surface area (Å²) in [6.45, 7) is 15.0. The van der Waals surface area contributed by atoms with Gasteiger partial charge in [-0.1, -0.05) is 118 Å². The molecule has 0 fully saturated rings. The van der Waals surface area contributed by atoms with E-state index in [-0.39, 0.29) is 5.41 Å². The molecule has 1 nitrogen and oxygen atoms in total. The summed E-state index contributed by atoms with van der Waals surface area (Å²) in [6, 6.07) is 41.7. The number of rotatable bonds is 7. The van der Waals surface area contributed by atoms with Gasteiger partial charge in [-0.2, -0.15) is 0 Å². The molecule has 0 unspecified atom stereocenters. The van der Waals surface area contributed by atoms with Gasteiger partial charge < -0.3 is 4.90 Å². The van der Waals surface area contributed by atoms with E-state index in [1.54, 1.807) is 0 Å². The van der Waals surface area contributed by atoms with Crippen LogP contribution in [0.1, 0.15) is 36.1 Å². The number of hydrogen-bond donors (Lipinski definition) is 0. The van der Waals surface area contributed by atoms with E-state index in [4.69, 9.17) is 0 Å². The van der Waals surface area contributed by atoms with E-state index in [2.05, 4.69) is 154 Å². The van der Waals surface area contributed by atoms with E-state index >= 15 is 0 Å². The largest absolute Gasteiger partial charge is 0.310 e. The molecule has 0 aliphatic heterocycles. The van der Waals surface area contributed by atoms with Crippen molar-refractivity contribution in [2.75, 3.05) is 4.90 Å². The van der Waals surface area contributed by atoms with Gasteiger partial charge in [-0.25, -0.2) is 0 Å². The van der Waals surface area contributed by atoms with Crippen molar-refractivity contribution in [2.24, 2.45) is 0 Å². The summed E-state index contributed by atoms with van der Waals surface area (Å²) in [7, 11) is 0. The predicted molar refractivity (Wildman–Crippen MR) is 177 cm³/mol. The van der Waals surface area contributed by atoms with Gasteiger partial charge in [0, 0.05) is 22.5 Å². The summed E-state index contributed by atoms with van der Waals surface area (Å²) < 4.78 is 0. The molecule has 1 aliphatic carbocycles. The van der Waals surface area contributed by atoms with Gasteiger partial charge in [-0.15, -0.1) is 0 Å². The second-order valence-electron chi connectivity index (χ2n) is 11.2. The van der Waals surface area contributed by atoms with Gasteiger partial charge in [0.2, 0.25) is 0 Å². The van der Waals surface area contributed by atoms with Crippen LogP contribution in [0, 0.1) is 6.92 Å². The maximum absolute atomic E-state index is 4.11. The van der Waals surface area contributed by atoms with Crippen LogP contribution in [-0.4, -0.2) is 0 Å². The Bertz CT molecular complexity index is 1790. The fraction of sp³-hybridized carbons (Fsp3) is 0.100. The second-order valence-corrected chi connectivity index (χ2v) is 11.2. The van der Waals surface area contributed by atoms with Crippen LogP contribution >= 0.6 is 0 Å². The van der Waals surface area contributed by atoms with Gasteiger partial charge in [-0.05, 0) is 99.5 Å². The smallest absolute Gasteiger partial charge is 0.0494 e. The standard InChI is InChI=1S/C40H35N/c1-6-16-29(7-2)31-24-32(30-17-10-8-11-18-30)26-34(25-31)41(33-19-12-9-13-20-33)39-27-38-36(23-28(39)3)35-21-14-15-22-37(35)40(38,4)5/h6-27H,1-2H2,3-5H3/b29-16+.